The maximum absolute atomic E-state index is 3.37. The van der Waals surface area contributed by atoms with Gasteiger partial charge in [-0.2, -0.15) is 0 Å². The maximum atomic E-state index is 3.37. The average Bonchev–Trinajstić information content (AvgIpc) is 2.43. The highest BCUT2D eigenvalue weighted by Crippen LogP contribution is 2.30. The molecular formula is C11H22N2. The fraction of sp³-hybridized carbons (Fsp3) is 1.00. The Morgan fingerprint density at radius 3 is 2.38 bits per heavy atom. The van der Waals surface area contributed by atoms with Crippen LogP contribution >= 0.6 is 0 Å². The van der Waals surface area contributed by atoms with Crippen LogP contribution in [0.2, 0.25) is 0 Å². The van der Waals surface area contributed by atoms with Gasteiger partial charge in [0.2, 0.25) is 0 Å². The van der Waals surface area contributed by atoms with E-state index in [0.717, 1.165) is 18.0 Å². The van der Waals surface area contributed by atoms with Crippen molar-refractivity contribution in [1.29, 1.82) is 0 Å². The Morgan fingerprint density at radius 2 is 2.00 bits per heavy atom. The van der Waals surface area contributed by atoms with Crippen molar-refractivity contribution in [2.45, 2.75) is 45.2 Å². The lowest BCUT2D eigenvalue weighted by atomic mass is 10.1. The fourth-order valence-corrected chi connectivity index (χ4v) is 2.80. The van der Waals surface area contributed by atoms with Crippen LogP contribution < -0.4 is 5.32 Å². The van der Waals surface area contributed by atoms with Crippen LogP contribution in [-0.4, -0.2) is 36.6 Å². The summed E-state index contributed by atoms with van der Waals surface area (Å²) in [4.78, 5) is 2.72. The van der Waals surface area contributed by atoms with E-state index < -0.39 is 0 Å². The van der Waals surface area contributed by atoms with Crippen molar-refractivity contribution in [3.8, 4) is 0 Å². The normalized spacial score (nSPS) is 35.3. The molecule has 1 saturated carbocycles. The molecule has 0 amide bonds. The third-order valence-electron chi connectivity index (χ3n) is 3.73. The van der Waals surface area contributed by atoms with E-state index >= 15 is 0 Å². The Bertz CT molecular complexity index is 165. The van der Waals surface area contributed by atoms with Crippen molar-refractivity contribution in [3.05, 3.63) is 0 Å². The van der Waals surface area contributed by atoms with Crippen LogP contribution in [0.15, 0.2) is 0 Å². The third-order valence-corrected chi connectivity index (χ3v) is 3.73. The highest BCUT2D eigenvalue weighted by molar-refractivity contribution is 4.90. The number of hydrogen-bond donors (Lipinski definition) is 1. The molecule has 2 aliphatic rings. The molecule has 1 N–H and O–H groups in total. The second kappa shape index (κ2) is 3.97. The van der Waals surface area contributed by atoms with E-state index in [1.165, 1.54) is 38.9 Å². The first-order valence-corrected chi connectivity index (χ1v) is 5.77. The first-order chi connectivity index (χ1) is 6.31. The van der Waals surface area contributed by atoms with Crippen molar-refractivity contribution in [3.63, 3.8) is 0 Å². The average molecular weight is 182 g/mol. The van der Waals surface area contributed by atoms with Gasteiger partial charge in [-0.3, -0.25) is 4.90 Å². The van der Waals surface area contributed by atoms with E-state index in [1.807, 2.05) is 0 Å². The summed E-state index contributed by atoms with van der Waals surface area (Å²) in [5, 5.41) is 3.37. The Morgan fingerprint density at radius 1 is 1.23 bits per heavy atom. The monoisotopic (exact) mass is 182 g/mol. The van der Waals surface area contributed by atoms with Gasteiger partial charge in [-0.05, 0) is 31.7 Å². The predicted molar refractivity (Wildman–Crippen MR) is 55.8 cm³/mol. The Balaban J connectivity index is 1.88. The maximum Gasteiger partial charge on any atom is 0.0348 e. The zero-order valence-corrected chi connectivity index (χ0v) is 8.92. The minimum absolute atomic E-state index is 0.847. The van der Waals surface area contributed by atoms with Crippen molar-refractivity contribution >= 4 is 0 Å². The number of nitrogens with zero attached hydrogens (tertiary/aromatic N) is 1. The molecule has 13 heavy (non-hydrogen) atoms. The molecule has 0 aromatic heterocycles. The van der Waals surface area contributed by atoms with Crippen LogP contribution in [-0.2, 0) is 0 Å². The van der Waals surface area contributed by atoms with Gasteiger partial charge in [0.05, 0.1) is 0 Å². The van der Waals surface area contributed by atoms with Gasteiger partial charge in [0, 0.05) is 25.2 Å². The van der Waals surface area contributed by atoms with Crippen LogP contribution in [0.5, 0.6) is 0 Å². The lowest BCUT2D eigenvalue weighted by Crippen LogP contribution is -2.59. The van der Waals surface area contributed by atoms with Gasteiger partial charge in [0.15, 0.2) is 0 Å². The molecule has 1 heterocycles. The first kappa shape index (κ1) is 9.47. The third kappa shape index (κ3) is 1.89. The fourth-order valence-electron chi connectivity index (χ4n) is 2.80. The van der Waals surface area contributed by atoms with E-state index in [-0.39, 0.29) is 0 Å². The molecule has 0 aromatic carbocycles. The molecule has 2 fully saturated rings. The van der Waals surface area contributed by atoms with E-state index in [1.54, 1.807) is 0 Å². The second-order valence-electron chi connectivity index (χ2n) is 4.71. The molecule has 0 spiro atoms. The lowest BCUT2D eigenvalue weighted by Gasteiger charge is -2.41. The SMILES string of the molecule is CCN(C1CNC1)C1CCC(C)C1. The van der Waals surface area contributed by atoms with E-state index in [9.17, 15) is 0 Å². The standard InChI is InChI=1S/C11H22N2/c1-3-13(11-7-12-8-11)10-5-4-9(2)6-10/h9-12H,3-8H2,1-2H3. The lowest BCUT2D eigenvalue weighted by molar-refractivity contribution is 0.102. The summed E-state index contributed by atoms with van der Waals surface area (Å²) in [5.74, 6) is 0.965. The van der Waals surface area contributed by atoms with E-state index in [4.69, 9.17) is 0 Å². The van der Waals surface area contributed by atoms with Gasteiger partial charge in [-0.15, -0.1) is 0 Å². The summed E-state index contributed by atoms with van der Waals surface area (Å²) in [7, 11) is 0. The summed E-state index contributed by atoms with van der Waals surface area (Å²) in [6.07, 6.45) is 4.32. The summed E-state index contributed by atoms with van der Waals surface area (Å²) in [6.45, 7) is 8.38. The largest absolute Gasteiger partial charge is 0.314 e. The topological polar surface area (TPSA) is 15.3 Å². The van der Waals surface area contributed by atoms with Gasteiger partial charge < -0.3 is 5.32 Å². The number of rotatable bonds is 3. The predicted octanol–water partition coefficient (Wildman–Crippen LogP) is 1.47. The molecule has 0 radical (unpaired) electrons. The van der Waals surface area contributed by atoms with Crippen LogP contribution in [0.3, 0.4) is 0 Å². The minimum atomic E-state index is 0.847. The van der Waals surface area contributed by atoms with Crippen molar-refractivity contribution < 1.29 is 0 Å². The number of hydrogen-bond acceptors (Lipinski definition) is 2. The molecule has 2 nitrogen and oxygen atoms in total. The molecule has 2 heteroatoms. The Hall–Kier alpha value is -0.0800. The minimum Gasteiger partial charge on any atom is -0.314 e. The van der Waals surface area contributed by atoms with Crippen molar-refractivity contribution in [2.24, 2.45) is 5.92 Å². The quantitative estimate of drug-likeness (QED) is 0.711. The zero-order valence-electron chi connectivity index (χ0n) is 8.92. The van der Waals surface area contributed by atoms with Crippen LogP contribution in [0.25, 0.3) is 0 Å². The van der Waals surface area contributed by atoms with Gasteiger partial charge in [-0.1, -0.05) is 13.8 Å². The van der Waals surface area contributed by atoms with Gasteiger partial charge >= 0.3 is 0 Å². The van der Waals surface area contributed by atoms with E-state index in [2.05, 4.69) is 24.1 Å². The Labute approximate surface area is 81.7 Å². The molecule has 1 aliphatic heterocycles. The molecule has 0 aromatic rings. The van der Waals surface area contributed by atoms with Gasteiger partial charge in [0.1, 0.15) is 0 Å². The zero-order chi connectivity index (χ0) is 9.26. The van der Waals surface area contributed by atoms with Crippen LogP contribution in [0.1, 0.15) is 33.1 Å². The first-order valence-electron chi connectivity index (χ1n) is 5.77. The Kier molecular flexibility index (Phi) is 2.89. The highest BCUT2D eigenvalue weighted by atomic mass is 15.3. The van der Waals surface area contributed by atoms with Crippen molar-refractivity contribution in [1.82, 2.24) is 10.2 Å². The summed E-state index contributed by atoms with van der Waals surface area (Å²) in [5.41, 5.74) is 0. The van der Waals surface area contributed by atoms with Crippen LogP contribution in [0, 0.1) is 5.92 Å². The van der Waals surface area contributed by atoms with Gasteiger partial charge in [-0.25, -0.2) is 0 Å². The molecule has 2 unspecified atom stereocenters. The van der Waals surface area contributed by atoms with Crippen LogP contribution in [0.4, 0.5) is 0 Å². The van der Waals surface area contributed by atoms with Crippen molar-refractivity contribution in [2.75, 3.05) is 19.6 Å². The number of nitrogens with one attached hydrogen (secondary N) is 1. The molecule has 76 valence electrons. The summed E-state index contributed by atoms with van der Waals surface area (Å²) < 4.78 is 0. The highest BCUT2D eigenvalue weighted by Gasteiger charge is 2.32. The molecule has 2 atom stereocenters. The molecule has 2 rings (SSSR count). The smallest absolute Gasteiger partial charge is 0.0348 e. The number of likely N-dealkylation sites (N-methyl/N-ethyl adjacent to an activating group) is 1. The summed E-state index contributed by atoms with van der Waals surface area (Å²) >= 11 is 0. The van der Waals surface area contributed by atoms with Gasteiger partial charge in [0.25, 0.3) is 0 Å². The molecule has 1 aliphatic carbocycles. The van der Waals surface area contributed by atoms with E-state index in [0.29, 0.717) is 0 Å². The second-order valence-corrected chi connectivity index (χ2v) is 4.71. The molecule has 0 bridgehead atoms. The molecular weight excluding hydrogens is 160 g/mol. The summed E-state index contributed by atoms with van der Waals surface area (Å²) in [6, 6.07) is 1.74. The molecule has 1 saturated heterocycles.